The fourth-order valence-electron chi connectivity index (χ4n) is 3.90. The van der Waals surface area contributed by atoms with Gasteiger partial charge in [-0.3, -0.25) is 14.2 Å². The molecule has 1 aliphatic rings. The van der Waals surface area contributed by atoms with Crippen molar-refractivity contribution in [2.24, 2.45) is 0 Å². The molecular weight excluding hydrogens is 410 g/mol. The maximum Gasteiger partial charge on any atom is 0.278 e. The molecule has 7 nitrogen and oxygen atoms in total. The summed E-state index contributed by atoms with van der Waals surface area (Å²) in [5.74, 6) is 0.253. The summed E-state index contributed by atoms with van der Waals surface area (Å²) in [5.41, 5.74) is 4.62. The molecule has 31 heavy (non-hydrogen) atoms. The summed E-state index contributed by atoms with van der Waals surface area (Å²) >= 11 is 1.32. The van der Waals surface area contributed by atoms with E-state index in [9.17, 15) is 9.59 Å². The number of aryl methyl sites for hydroxylation is 2. The van der Waals surface area contributed by atoms with Crippen molar-refractivity contribution in [1.29, 1.82) is 0 Å². The number of amides is 1. The number of anilines is 1. The molecule has 1 N–H and O–H groups in total. The highest BCUT2D eigenvalue weighted by atomic mass is 32.2. The molecule has 3 heterocycles. The Balaban J connectivity index is 1.48. The van der Waals surface area contributed by atoms with Crippen LogP contribution in [-0.4, -0.2) is 37.7 Å². The Morgan fingerprint density at radius 3 is 2.81 bits per heavy atom. The van der Waals surface area contributed by atoms with Crippen molar-refractivity contribution in [3.8, 4) is 5.69 Å². The van der Waals surface area contributed by atoms with Gasteiger partial charge in [0.25, 0.3) is 5.56 Å². The third kappa shape index (κ3) is 3.63. The highest BCUT2D eigenvalue weighted by Gasteiger charge is 2.24. The first-order valence-corrected chi connectivity index (χ1v) is 11.1. The monoisotopic (exact) mass is 431 g/mol. The number of hydrogen-bond donors (Lipinski definition) is 1. The Hall–Kier alpha value is -3.39. The SMILES string of the molecule is Cc1ccc(-n2c(SCC(=O)N3CCCc4ccccc43)nc3c(=O)[nH]cnc32)cc1. The molecule has 0 spiro atoms. The minimum absolute atomic E-state index is 0.0292. The van der Waals surface area contributed by atoms with Crippen LogP contribution < -0.4 is 10.5 Å². The largest absolute Gasteiger partial charge is 0.311 e. The molecule has 8 heteroatoms. The normalized spacial score (nSPS) is 13.4. The van der Waals surface area contributed by atoms with Crippen LogP contribution >= 0.6 is 11.8 Å². The molecule has 1 aliphatic heterocycles. The molecule has 0 fully saturated rings. The minimum atomic E-state index is -0.297. The fraction of sp³-hybridized carbons (Fsp3) is 0.217. The van der Waals surface area contributed by atoms with Crippen LogP contribution in [0.1, 0.15) is 17.5 Å². The van der Waals surface area contributed by atoms with Crippen LogP contribution in [-0.2, 0) is 11.2 Å². The number of hydrogen-bond acceptors (Lipinski definition) is 5. The summed E-state index contributed by atoms with van der Waals surface area (Å²) in [7, 11) is 0. The van der Waals surface area contributed by atoms with Crippen molar-refractivity contribution in [1.82, 2.24) is 19.5 Å². The number of nitrogens with one attached hydrogen (secondary N) is 1. The Morgan fingerprint density at radius 1 is 1.16 bits per heavy atom. The van der Waals surface area contributed by atoms with Crippen LogP contribution in [0.15, 0.2) is 64.8 Å². The smallest absolute Gasteiger partial charge is 0.278 e. The molecule has 156 valence electrons. The Bertz CT molecular complexity index is 1330. The zero-order valence-electron chi connectivity index (χ0n) is 17.0. The Kier molecular flexibility index (Phi) is 5.07. The Morgan fingerprint density at radius 2 is 1.97 bits per heavy atom. The average Bonchev–Trinajstić information content (AvgIpc) is 3.17. The third-order valence-electron chi connectivity index (χ3n) is 5.45. The number of para-hydroxylation sites is 1. The second-order valence-corrected chi connectivity index (χ2v) is 8.48. The van der Waals surface area contributed by atoms with E-state index in [4.69, 9.17) is 0 Å². The number of aromatic nitrogens is 4. The van der Waals surface area contributed by atoms with Crippen LogP contribution in [0.25, 0.3) is 16.9 Å². The van der Waals surface area contributed by atoms with Gasteiger partial charge in [0.15, 0.2) is 16.3 Å². The molecular formula is C23H21N5O2S. The lowest BCUT2D eigenvalue weighted by Crippen LogP contribution is -2.36. The summed E-state index contributed by atoms with van der Waals surface area (Å²) in [6.45, 7) is 2.73. The van der Waals surface area contributed by atoms with Gasteiger partial charge in [-0.25, -0.2) is 9.97 Å². The number of carbonyl (C=O) groups is 1. The van der Waals surface area contributed by atoms with Crippen molar-refractivity contribution in [3.05, 3.63) is 76.3 Å². The van der Waals surface area contributed by atoms with Gasteiger partial charge in [-0.2, -0.15) is 0 Å². The van der Waals surface area contributed by atoms with E-state index in [1.807, 2.05) is 58.9 Å². The van der Waals surface area contributed by atoms with Crippen LogP contribution in [0.5, 0.6) is 0 Å². The van der Waals surface area contributed by atoms with E-state index in [0.717, 1.165) is 29.8 Å². The summed E-state index contributed by atoms with van der Waals surface area (Å²) < 4.78 is 1.84. The summed E-state index contributed by atoms with van der Waals surface area (Å²) in [4.78, 5) is 38.7. The van der Waals surface area contributed by atoms with Crippen LogP contribution in [0.2, 0.25) is 0 Å². The molecule has 0 unspecified atom stereocenters. The van der Waals surface area contributed by atoms with E-state index in [1.54, 1.807) is 0 Å². The zero-order chi connectivity index (χ0) is 21.4. The van der Waals surface area contributed by atoms with Gasteiger partial charge in [-0.15, -0.1) is 0 Å². The number of thioether (sulfide) groups is 1. The number of aromatic amines is 1. The number of carbonyl (C=O) groups excluding carboxylic acids is 1. The second-order valence-electron chi connectivity index (χ2n) is 7.54. The number of imidazole rings is 1. The molecule has 2 aromatic heterocycles. The lowest BCUT2D eigenvalue weighted by atomic mass is 10.0. The summed E-state index contributed by atoms with van der Waals surface area (Å²) in [6, 6.07) is 16.0. The predicted molar refractivity (Wildman–Crippen MR) is 122 cm³/mol. The predicted octanol–water partition coefficient (Wildman–Crippen LogP) is 3.49. The highest BCUT2D eigenvalue weighted by Crippen LogP contribution is 2.30. The Labute approximate surface area is 183 Å². The molecule has 0 aliphatic carbocycles. The maximum absolute atomic E-state index is 13.1. The first kappa shape index (κ1) is 19.6. The van der Waals surface area contributed by atoms with Crippen LogP contribution in [0.4, 0.5) is 5.69 Å². The third-order valence-corrected chi connectivity index (χ3v) is 6.37. The standard InChI is InChI=1S/C23H21N5O2S/c1-15-8-10-17(11-9-15)28-21-20(22(30)25-14-24-21)26-23(28)31-13-19(29)27-12-4-6-16-5-2-3-7-18(16)27/h2-3,5,7-11,14H,4,6,12-13H2,1H3,(H,24,25,30). The lowest BCUT2D eigenvalue weighted by Gasteiger charge is -2.29. The van der Waals surface area contributed by atoms with Gasteiger partial charge in [-0.05, 0) is 43.5 Å². The van der Waals surface area contributed by atoms with E-state index in [-0.39, 0.29) is 22.7 Å². The number of H-pyrrole nitrogens is 1. The minimum Gasteiger partial charge on any atom is -0.311 e. The molecule has 1 amide bonds. The van der Waals surface area contributed by atoms with Gasteiger partial charge in [0, 0.05) is 17.9 Å². The van der Waals surface area contributed by atoms with Gasteiger partial charge < -0.3 is 9.88 Å². The zero-order valence-corrected chi connectivity index (χ0v) is 17.9. The molecule has 5 rings (SSSR count). The molecule has 2 aromatic carbocycles. The lowest BCUT2D eigenvalue weighted by molar-refractivity contribution is -0.116. The van der Waals surface area contributed by atoms with Gasteiger partial charge in [0.2, 0.25) is 5.91 Å². The number of nitrogens with zero attached hydrogens (tertiary/aromatic N) is 4. The van der Waals surface area contributed by atoms with Crippen molar-refractivity contribution in [3.63, 3.8) is 0 Å². The molecule has 0 saturated carbocycles. The van der Waals surface area contributed by atoms with Crippen molar-refractivity contribution in [2.75, 3.05) is 17.2 Å². The fourth-order valence-corrected chi connectivity index (χ4v) is 4.79. The maximum atomic E-state index is 13.1. The van der Waals surface area contributed by atoms with E-state index in [2.05, 4.69) is 21.0 Å². The van der Waals surface area contributed by atoms with Gasteiger partial charge >= 0.3 is 0 Å². The van der Waals surface area contributed by atoms with Gasteiger partial charge in [0.1, 0.15) is 0 Å². The number of fused-ring (bicyclic) bond motifs is 2. The molecule has 0 radical (unpaired) electrons. The first-order valence-electron chi connectivity index (χ1n) is 10.2. The van der Waals surface area contributed by atoms with Gasteiger partial charge in [0.05, 0.1) is 12.1 Å². The van der Waals surface area contributed by atoms with Crippen molar-refractivity contribution in [2.45, 2.75) is 24.9 Å². The van der Waals surface area contributed by atoms with E-state index < -0.39 is 0 Å². The first-order chi connectivity index (χ1) is 15.1. The summed E-state index contributed by atoms with van der Waals surface area (Å²) in [6.07, 6.45) is 3.32. The molecule has 0 saturated heterocycles. The van der Waals surface area contributed by atoms with Crippen LogP contribution in [0, 0.1) is 6.92 Å². The molecule has 0 atom stereocenters. The average molecular weight is 432 g/mol. The van der Waals surface area contributed by atoms with Crippen molar-refractivity contribution < 1.29 is 4.79 Å². The number of rotatable bonds is 4. The highest BCUT2D eigenvalue weighted by molar-refractivity contribution is 7.99. The number of benzene rings is 2. The van der Waals surface area contributed by atoms with Gasteiger partial charge in [-0.1, -0.05) is 47.7 Å². The van der Waals surface area contributed by atoms with E-state index >= 15 is 0 Å². The topological polar surface area (TPSA) is 83.9 Å². The quantitative estimate of drug-likeness (QED) is 0.500. The summed E-state index contributed by atoms with van der Waals surface area (Å²) in [5, 5.41) is 0.571. The second kappa shape index (κ2) is 8.03. The van der Waals surface area contributed by atoms with Crippen molar-refractivity contribution >= 4 is 34.5 Å². The van der Waals surface area contributed by atoms with E-state index in [1.165, 1.54) is 23.7 Å². The van der Waals surface area contributed by atoms with E-state index in [0.29, 0.717) is 17.3 Å². The molecule has 4 aromatic rings. The van der Waals surface area contributed by atoms with Crippen LogP contribution in [0.3, 0.4) is 0 Å². The molecule has 0 bridgehead atoms.